The van der Waals surface area contributed by atoms with E-state index in [0.29, 0.717) is 31.0 Å². The first-order chi connectivity index (χ1) is 12.6. The van der Waals surface area contributed by atoms with Crippen LogP contribution in [0.3, 0.4) is 0 Å². The molecule has 0 amide bonds. The van der Waals surface area contributed by atoms with E-state index in [-0.39, 0.29) is 25.0 Å². The molecule has 2 heterocycles. The quantitative estimate of drug-likeness (QED) is 0.675. The Balaban J connectivity index is 1.81. The number of alkyl halides is 6. The molecule has 11 heteroatoms. The van der Waals surface area contributed by atoms with Crippen molar-refractivity contribution in [3.63, 3.8) is 0 Å². The van der Waals surface area contributed by atoms with E-state index >= 15 is 0 Å². The first kappa shape index (κ1) is 19.7. The number of halogens is 6. The van der Waals surface area contributed by atoms with Gasteiger partial charge >= 0.3 is 12.4 Å². The van der Waals surface area contributed by atoms with Crippen LogP contribution >= 0.6 is 0 Å². The van der Waals surface area contributed by atoms with Gasteiger partial charge in [-0.1, -0.05) is 0 Å². The van der Waals surface area contributed by atoms with Crippen LogP contribution in [0, 0.1) is 17.2 Å². The van der Waals surface area contributed by atoms with Gasteiger partial charge in [-0.2, -0.15) is 37.1 Å². The summed E-state index contributed by atoms with van der Waals surface area (Å²) in [7, 11) is 0. The lowest BCUT2D eigenvalue weighted by Crippen LogP contribution is -2.46. The van der Waals surface area contributed by atoms with Crippen molar-refractivity contribution in [2.45, 2.75) is 37.3 Å². The molecule has 0 bridgehead atoms. The predicted molar refractivity (Wildman–Crippen MR) is 84.0 cm³/mol. The Labute approximate surface area is 151 Å². The average Bonchev–Trinajstić information content (AvgIpc) is 3.08. The van der Waals surface area contributed by atoms with Crippen molar-refractivity contribution in [3.05, 3.63) is 29.3 Å². The van der Waals surface area contributed by atoms with Crippen molar-refractivity contribution in [2.75, 3.05) is 18.0 Å². The van der Waals surface area contributed by atoms with Crippen molar-refractivity contribution in [3.8, 4) is 6.07 Å². The second-order valence-corrected chi connectivity index (χ2v) is 6.60. The van der Waals surface area contributed by atoms with Gasteiger partial charge in [0.05, 0.1) is 23.2 Å². The molecule has 2 aliphatic rings. The van der Waals surface area contributed by atoms with E-state index in [0.717, 1.165) is 0 Å². The molecule has 2 atom stereocenters. The van der Waals surface area contributed by atoms with E-state index in [1.807, 2.05) is 0 Å². The Morgan fingerprint density at radius 3 is 2.22 bits per heavy atom. The lowest BCUT2D eigenvalue weighted by Gasteiger charge is -2.37. The van der Waals surface area contributed by atoms with Gasteiger partial charge < -0.3 is 4.90 Å². The van der Waals surface area contributed by atoms with Gasteiger partial charge in [0, 0.05) is 18.8 Å². The van der Waals surface area contributed by atoms with Gasteiger partial charge in [-0.15, -0.1) is 0 Å². The molecule has 5 nitrogen and oxygen atoms in total. The average molecular weight is 393 g/mol. The highest BCUT2D eigenvalue weighted by Crippen LogP contribution is 2.41. The van der Waals surface area contributed by atoms with Crippen LogP contribution < -0.4 is 21.3 Å². The van der Waals surface area contributed by atoms with Crippen molar-refractivity contribution < 1.29 is 26.3 Å². The number of hydrogen-bond donors (Lipinski definition) is 3. The molecule has 2 saturated heterocycles. The first-order valence-electron chi connectivity index (χ1n) is 8.30. The van der Waals surface area contributed by atoms with Crippen LogP contribution in [0.1, 0.15) is 24.0 Å². The van der Waals surface area contributed by atoms with E-state index < -0.39 is 35.2 Å². The van der Waals surface area contributed by atoms with Crippen LogP contribution in [0.15, 0.2) is 18.2 Å². The number of piperidine rings is 1. The van der Waals surface area contributed by atoms with Gasteiger partial charge in [0.1, 0.15) is 6.04 Å². The summed E-state index contributed by atoms with van der Waals surface area (Å²) in [5.74, 6) is 0.00790. The van der Waals surface area contributed by atoms with Gasteiger partial charge in [0.2, 0.25) is 0 Å². The zero-order chi connectivity index (χ0) is 19.8. The smallest absolute Gasteiger partial charge is 0.371 e. The van der Waals surface area contributed by atoms with E-state index in [1.54, 1.807) is 0 Å². The minimum Gasteiger partial charge on any atom is -0.371 e. The van der Waals surface area contributed by atoms with Crippen molar-refractivity contribution in [1.29, 1.82) is 5.26 Å². The molecule has 27 heavy (non-hydrogen) atoms. The normalized spacial score (nSPS) is 24.9. The van der Waals surface area contributed by atoms with Crippen molar-refractivity contribution >= 4 is 5.69 Å². The molecule has 3 rings (SSSR count). The summed E-state index contributed by atoms with van der Waals surface area (Å²) in [5.41, 5.74) is 5.67. The number of nitrogens with one attached hydrogen (secondary N) is 3. The summed E-state index contributed by atoms with van der Waals surface area (Å²) in [4.78, 5) is 1.34. The maximum absolute atomic E-state index is 13.3. The molecule has 0 aromatic heterocycles. The van der Waals surface area contributed by atoms with E-state index in [1.165, 1.54) is 4.90 Å². The molecule has 148 valence electrons. The summed E-state index contributed by atoms with van der Waals surface area (Å²) in [6.45, 7) is 0.344. The third-order valence-corrected chi connectivity index (χ3v) is 4.98. The van der Waals surface area contributed by atoms with Crippen LogP contribution in [-0.4, -0.2) is 25.2 Å². The lowest BCUT2D eigenvalue weighted by molar-refractivity contribution is -0.141. The van der Waals surface area contributed by atoms with Gasteiger partial charge in [-0.05, 0) is 37.0 Å². The molecular formula is C16H17F6N5. The molecule has 3 N–H and O–H groups in total. The predicted octanol–water partition coefficient (Wildman–Crippen LogP) is 2.81. The summed E-state index contributed by atoms with van der Waals surface area (Å²) >= 11 is 0. The highest BCUT2D eigenvalue weighted by atomic mass is 19.4. The van der Waals surface area contributed by atoms with Crippen molar-refractivity contribution in [1.82, 2.24) is 16.4 Å². The molecule has 0 spiro atoms. The zero-order valence-corrected chi connectivity index (χ0v) is 14.0. The van der Waals surface area contributed by atoms with Gasteiger partial charge in [0.15, 0.2) is 0 Å². The second-order valence-electron chi connectivity index (χ2n) is 6.60. The zero-order valence-electron chi connectivity index (χ0n) is 14.0. The maximum Gasteiger partial charge on any atom is 0.418 e. The van der Waals surface area contributed by atoms with Crippen molar-refractivity contribution in [2.24, 2.45) is 5.92 Å². The molecule has 2 aliphatic heterocycles. The number of nitrogens with zero attached hydrogens (tertiary/aromatic N) is 2. The fourth-order valence-corrected chi connectivity index (χ4v) is 3.59. The third-order valence-electron chi connectivity index (χ3n) is 4.98. The minimum atomic E-state index is -4.75. The third kappa shape index (κ3) is 4.12. The number of hydrogen-bond acceptors (Lipinski definition) is 5. The summed E-state index contributed by atoms with van der Waals surface area (Å²) < 4.78 is 78.7. The van der Waals surface area contributed by atoms with E-state index in [4.69, 9.17) is 5.26 Å². The SMILES string of the molecule is N#CC1NNNC1C1CCN(c2cc(C(F)(F)F)ccc2C(F)(F)F)CC1. The number of anilines is 1. The Morgan fingerprint density at radius 2 is 1.67 bits per heavy atom. The van der Waals surface area contributed by atoms with Crippen LogP contribution in [0.4, 0.5) is 32.0 Å². The van der Waals surface area contributed by atoms with Gasteiger partial charge in [-0.25, -0.2) is 10.9 Å². The Bertz CT molecular complexity index is 717. The largest absolute Gasteiger partial charge is 0.418 e. The highest BCUT2D eigenvalue weighted by Gasteiger charge is 2.40. The molecule has 0 aliphatic carbocycles. The topological polar surface area (TPSA) is 63.1 Å². The van der Waals surface area contributed by atoms with Gasteiger partial charge in [0.25, 0.3) is 0 Å². The molecular weight excluding hydrogens is 376 g/mol. The van der Waals surface area contributed by atoms with E-state index in [2.05, 4.69) is 22.5 Å². The van der Waals surface area contributed by atoms with Gasteiger partial charge in [-0.3, -0.25) is 0 Å². The molecule has 0 radical (unpaired) electrons. The highest BCUT2D eigenvalue weighted by molar-refractivity contribution is 5.57. The fraction of sp³-hybridized carbons (Fsp3) is 0.562. The van der Waals surface area contributed by atoms with E-state index in [9.17, 15) is 26.3 Å². The molecule has 1 aromatic rings. The van der Waals surface area contributed by atoms with Crippen LogP contribution in [0.25, 0.3) is 0 Å². The standard InChI is InChI=1S/C16H17F6N5/c17-15(18,19)10-1-2-11(16(20,21)22)13(7-10)27-5-3-9(4-6-27)14-12(8-23)24-26-25-14/h1-2,7,9,12,14,24-26H,3-6H2. The number of benzene rings is 1. The number of rotatable bonds is 2. The minimum absolute atomic E-state index is 0.00790. The molecule has 2 fully saturated rings. The lowest BCUT2D eigenvalue weighted by atomic mass is 9.86. The molecule has 1 aromatic carbocycles. The Hall–Kier alpha value is -2.03. The van der Waals surface area contributed by atoms with Crippen LogP contribution in [-0.2, 0) is 12.4 Å². The van der Waals surface area contributed by atoms with Crippen LogP contribution in [0.5, 0.6) is 0 Å². The second kappa shape index (κ2) is 7.18. The maximum atomic E-state index is 13.3. The number of nitriles is 1. The fourth-order valence-electron chi connectivity index (χ4n) is 3.59. The summed E-state index contributed by atoms with van der Waals surface area (Å²) in [6, 6.07) is 2.89. The Kier molecular flexibility index (Phi) is 5.24. The summed E-state index contributed by atoms with van der Waals surface area (Å²) in [6.07, 6.45) is -8.56. The van der Waals surface area contributed by atoms with Crippen LogP contribution in [0.2, 0.25) is 0 Å². The number of hydrazine groups is 2. The first-order valence-corrected chi connectivity index (χ1v) is 8.30. The molecule has 2 unspecified atom stereocenters. The Morgan fingerprint density at radius 1 is 1.00 bits per heavy atom. The summed E-state index contributed by atoms with van der Waals surface area (Å²) in [5, 5.41) is 9.10. The molecule has 0 saturated carbocycles. The monoisotopic (exact) mass is 393 g/mol.